The molecule has 19 heavy (non-hydrogen) atoms. The van der Waals surface area contributed by atoms with Crippen LogP contribution in [0.15, 0.2) is 0 Å². The van der Waals surface area contributed by atoms with Gasteiger partial charge in [0.15, 0.2) is 0 Å². The second-order valence-electron chi connectivity index (χ2n) is 5.06. The molecule has 104 valence electrons. The van der Waals surface area contributed by atoms with Crippen molar-refractivity contribution in [3.8, 4) is 0 Å². The Morgan fingerprint density at radius 1 is 1.37 bits per heavy atom. The molecule has 0 aromatic carbocycles. The van der Waals surface area contributed by atoms with E-state index in [1.807, 2.05) is 0 Å². The molecule has 7 heteroatoms. The highest BCUT2D eigenvalue weighted by Crippen LogP contribution is 2.46. The number of carbonyl (C=O) groups is 3. The molecule has 2 unspecified atom stereocenters. The van der Waals surface area contributed by atoms with Gasteiger partial charge in [-0.15, -0.1) is 0 Å². The minimum Gasteiger partial charge on any atom is -0.393 e. The molecule has 2 N–H and O–H groups in total. The normalized spacial score (nSPS) is 24.4. The predicted octanol–water partition coefficient (Wildman–Crippen LogP) is -0.484. The van der Waals surface area contributed by atoms with Gasteiger partial charge in [-0.1, -0.05) is 12.2 Å². The molecule has 3 amide bonds. The van der Waals surface area contributed by atoms with Crippen molar-refractivity contribution in [3.05, 3.63) is 0 Å². The lowest BCUT2D eigenvalue weighted by Gasteiger charge is -2.20. The number of thiocarbonyl (C=S) groups is 1. The summed E-state index contributed by atoms with van der Waals surface area (Å²) in [5.74, 6) is -0.551. The monoisotopic (exact) mass is 283 g/mol. The van der Waals surface area contributed by atoms with Gasteiger partial charge in [0.1, 0.15) is 0 Å². The maximum absolute atomic E-state index is 11.8. The Morgan fingerprint density at radius 3 is 2.47 bits per heavy atom. The highest BCUT2D eigenvalue weighted by atomic mass is 32.1. The number of hydrogen-bond acceptors (Lipinski definition) is 4. The van der Waals surface area contributed by atoms with Gasteiger partial charge >= 0.3 is 0 Å². The maximum atomic E-state index is 11.8. The molecule has 1 heterocycles. The van der Waals surface area contributed by atoms with Gasteiger partial charge in [0.25, 0.3) is 0 Å². The van der Waals surface area contributed by atoms with Crippen molar-refractivity contribution in [1.29, 1.82) is 0 Å². The zero-order chi connectivity index (χ0) is 14.2. The zero-order valence-corrected chi connectivity index (χ0v) is 11.6. The third-order valence-electron chi connectivity index (χ3n) is 3.63. The van der Waals surface area contributed by atoms with Crippen molar-refractivity contribution in [2.75, 3.05) is 20.1 Å². The number of carbonyl (C=O) groups excluding carboxylic acids is 3. The van der Waals surface area contributed by atoms with Gasteiger partial charge in [-0.05, 0) is 6.42 Å². The smallest absolute Gasteiger partial charge is 0.233 e. The predicted molar refractivity (Wildman–Crippen MR) is 72.0 cm³/mol. The lowest BCUT2D eigenvalue weighted by molar-refractivity contribution is -0.142. The van der Waals surface area contributed by atoms with Crippen LogP contribution < -0.4 is 5.73 Å². The summed E-state index contributed by atoms with van der Waals surface area (Å²) in [6, 6.07) is 0. The lowest BCUT2D eigenvalue weighted by Crippen LogP contribution is -2.37. The largest absolute Gasteiger partial charge is 0.393 e. The van der Waals surface area contributed by atoms with E-state index in [2.05, 4.69) is 0 Å². The molecule has 1 saturated carbocycles. The summed E-state index contributed by atoms with van der Waals surface area (Å²) in [7, 11) is 1.66. The SMILES string of the molecule is CN(CCC(N)=S)C(=O)CCN1C(=O)C2CC2C1=O. The lowest BCUT2D eigenvalue weighted by atomic mass is 10.3. The number of likely N-dealkylation sites (tertiary alicyclic amines) is 1. The molecule has 1 aliphatic heterocycles. The summed E-state index contributed by atoms with van der Waals surface area (Å²) < 4.78 is 0. The second-order valence-corrected chi connectivity index (χ2v) is 5.58. The summed E-state index contributed by atoms with van der Waals surface area (Å²) in [5.41, 5.74) is 5.37. The summed E-state index contributed by atoms with van der Waals surface area (Å²) in [6.45, 7) is 0.641. The molecule has 2 rings (SSSR count). The minimum absolute atomic E-state index is 0.102. The third kappa shape index (κ3) is 2.91. The fraction of sp³-hybridized carbons (Fsp3) is 0.667. The first kappa shape index (κ1) is 13.9. The van der Waals surface area contributed by atoms with Crippen molar-refractivity contribution < 1.29 is 14.4 Å². The Balaban J connectivity index is 1.76. The molecule has 6 nitrogen and oxygen atoms in total. The fourth-order valence-electron chi connectivity index (χ4n) is 2.27. The van der Waals surface area contributed by atoms with Crippen LogP contribution in [-0.2, 0) is 14.4 Å². The van der Waals surface area contributed by atoms with Gasteiger partial charge in [-0.2, -0.15) is 0 Å². The van der Waals surface area contributed by atoms with E-state index in [0.717, 1.165) is 0 Å². The van der Waals surface area contributed by atoms with Gasteiger partial charge in [0.2, 0.25) is 17.7 Å². The van der Waals surface area contributed by atoms with Crippen LogP contribution in [0.4, 0.5) is 0 Å². The first-order valence-corrected chi connectivity index (χ1v) is 6.70. The van der Waals surface area contributed by atoms with E-state index >= 15 is 0 Å². The number of nitrogens with zero attached hydrogens (tertiary/aromatic N) is 2. The molecule has 2 fully saturated rings. The van der Waals surface area contributed by atoms with Crippen LogP contribution in [0.3, 0.4) is 0 Å². The summed E-state index contributed by atoms with van der Waals surface area (Å²) in [5, 5.41) is 0. The molecule has 0 bridgehead atoms. The average molecular weight is 283 g/mol. The van der Waals surface area contributed by atoms with Gasteiger partial charge in [-0.3, -0.25) is 19.3 Å². The van der Waals surface area contributed by atoms with Crippen LogP contribution in [0.2, 0.25) is 0 Å². The molecule has 0 radical (unpaired) electrons. The molecule has 0 aromatic rings. The number of fused-ring (bicyclic) bond motifs is 1. The average Bonchev–Trinajstić information content (AvgIpc) is 3.10. The standard InChI is InChI=1S/C12H17N3O3S/c1-14(4-2-9(13)19)10(16)3-5-15-11(17)7-6-8(7)12(15)18/h7-8H,2-6H2,1H3,(H2,13,19). The van der Waals surface area contributed by atoms with Crippen molar-refractivity contribution in [3.63, 3.8) is 0 Å². The van der Waals surface area contributed by atoms with Gasteiger partial charge in [-0.25, -0.2) is 0 Å². The van der Waals surface area contributed by atoms with Crippen LogP contribution in [0.5, 0.6) is 0 Å². The number of piperidine rings is 1. The van der Waals surface area contributed by atoms with Crippen molar-refractivity contribution in [2.45, 2.75) is 19.3 Å². The molecule has 1 aliphatic carbocycles. The van der Waals surface area contributed by atoms with E-state index in [1.54, 1.807) is 7.05 Å². The topological polar surface area (TPSA) is 83.7 Å². The number of nitrogens with two attached hydrogens (primary N) is 1. The second kappa shape index (κ2) is 5.24. The highest BCUT2D eigenvalue weighted by molar-refractivity contribution is 7.80. The molecule has 2 atom stereocenters. The van der Waals surface area contributed by atoms with Gasteiger partial charge < -0.3 is 10.6 Å². The minimum atomic E-state index is -0.117. The Labute approximate surface area is 116 Å². The first-order chi connectivity index (χ1) is 8.91. The zero-order valence-electron chi connectivity index (χ0n) is 10.8. The number of imide groups is 1. The summed E-state index contributed by atoms with van der Waals surface area (Å²) in [6.07, 6.45) is 1.32. The van der Waals surface area contributed by atoms with Crippen LogP contribution in [0, 0.1) is 11.8 Å². The van der Waals surface area contributed by atoms with E-state index in [4.69, 9.17) is 18.0 Å². The van der Waals surface area contributed by atoms with Crippen molar-refractivity contribution in [2.24, 2.45) is 17.6 Å². The summed E-state index contributed by atoms with van der Waals surface area (Å²) in [4.78, 5) is 38.3. The van der Waals surface area contributed by atoms with Crippen LogP contribution >= 0.6 is 12.2 Å². The van der Waals surface area contributed by atoms with E-state index in [1.165, 1.54) is 9.80 Å². The molecular formula is C12H17N3O3S. The first-order valence-electron chi connectivity index (χ1n) is 6.29. The Morgan fingerprint density at radius 2 is 1.95 bits per heavy atom. The number of amides is 3. The van der Waals surface area contributed by atoms with Gasteiger partial charge in [0.05, 0.1) is 16.8 Å². The third-order valence-corrected chi connectivity index (χ3v) is 3.83. The Hall–Kier alpha value is -1.50. The summed E-state index contributed by atoms with van der Waals surface area (Å²) >= 11 is 4.74. The van der Waals surface area contributed by atoms with E-state index < -0.39 is 0 Å². The van der Waals surface area contributed by atoms with Crippen LogP contribution in [0.1, 0.15) is 19.3 Å². The molecule has 0 aromatic heterocycles. The van der Waals surface area contributed by atoms with Crippen molar-refractivity contribution in [1.82, 2.24) is 9.80 Å². The highest BCUT2D eigenvalue weighted by Gasteiger charge is 2.58. The van der Waals surface area contributed by atoms with Crippen molar-refractivity contribution >= 4 is 34.9 Å². The Kier molecular flexibility index (Phi) is 3.84. The molecule has 0 spiro atoms. The van der Waals surface area contributed by atoms with Crippen LogP contribution in [0.25, 0.3) is 0 Å². The molecular weight excluding hydrogens is 266 g/mol. The fourth-order valence-corrected chi connectivity index (χ4v) is 2.36. The number of hydrogen-bond donors (Lipinski definition) is 1. The molecule has 2 aliphatic rings. The van der Waals surface area contributed by atoms with E-state index in [0.29, 0.717) is 24.4 Å². The quantitative estimate of drug-likeness (QED) is 0.525. The van der Waals surface area contributed by atoms with E-state index in [9.17, 15) is 14.4 Å². The molecule has 1 saturated heterocycles. The van der Waals surface area contributed by atoms with E-state index in [-0.39, 0.29) is 42.5 Å². The maximum Gasteiger partial charge on any atom is 0.233 e. The van der Waals surface area contributed by atoms with Gasteiger partial charge in [0, 0.05) is 33.0 Å². The number of rotatable bonds is 6. The Bertz CT molecular complexity index is 432. The van der Waals surface area contributed by atoms with Crippen LogP contribution in [-0.4, -0.2) is 52.6 Å².